The lowest BCUT2D eigenvalue weighted by Gasteiger charge is -2.04. The Morgan fingerprint density at radius 3 is 2.43 bits per heavy atom. The Morgan fingerprint density at radius 2 is 1.86 bits per heavy atom. The highest BCUT2D eigenvalue weighted by atomic mass is 16.5. The summed E-state index contributed by atoms with van der Waals surface area (Å²) in [5.74, 6) is -0.375. The van der Waals surface area contributed by atoms with E-state index in [1.807, 2.05) is 31.2 Å². The maximum absolute atomic E-state index is 10.6. The third kappa shape index (κ3) is 4.35. The van der Waals surface area contributed by atoms with Crippen molar-refractivity contribution in [2.45, 2.75) is 6.92 Å². The predicted molar refractivity (Wildman–Crippen MR) is 79.6 cm³/mol. The van der Waals surface area contributed by atoms with Gasteiger partial charge in [-0.1, -0.05) is 12.1 Å². The fraction of sp³-hybridized carbons (Fsp3) is 0.125. The lowest BCUT2D eigenvalue weighted by atomic mass is 10.2. The fourth-order valence-electron chi connectivity index (χ4n) is 1.68. The van der Waals surface area contributed by atoms with Crippen molar-refractivity contribution in [3.8, 4) is 5.75 Å². The summed E-state index contributed by atoms with van der Waals surface area (Å²) in [5.41, 5.74) is 4.58. The molecule has 0 atom stereocenters. The fourth-order valence-corrected chi connectivity index (χ4v) is 1.68. The molecule has 2 aromatic carbocycles. The van der Waals surface area contributed by atoms with Gasteiger partial charge in [0.25, 0.3) is 0 Å². The molecule has 0 saturated carbocycles. The van der Waals surface area contributed by atoms with E-state index in [-0.39, 0.29) is 5.56 Å². The van der Waals surface area contributed by atoms with Gasteiger partial charge in [-0.2, -0.15) is 5.10 Å². The maximum Gasteiger partial charge on any atom is 0.119 e. The van der Waals surface area contributed by atoms with Gasteiger partial charge in [-0.15, -0.1) is 0 Å². The molecular formula is C16H15N2O3-. The van der Waals surface area contributed by atoms with Gasteiger partial charge in [-0.3, -0.25) is 5.43 Å². The molecule has 0 aliphatic heterocycles. The van der Waals surface area contributed by atoms with E-state index in [9.17, 15) is 9.90 Å². The van der Waals surface area contributed by atoms with Crippen LogP contribution in [0.5, 0.6) is 5.75 Å². The Morgan fingerprint density at radius 1 is 1.19 bits per heavy atom. The number of hydrogen-bond donors (Lipinski definition) is 1. The molecule has 0 bridgehead atoms. The Hall–Kier alpha value is -2.82. The number of aromatic carboxylic acids is 1. The van der Waals surface area contributed by atoms with Crippen molar-refractivity contribution in [1.82, 2.24) is 0 Å². The third-order valence-corrected chi connectivity index (χ3v) is 2.72. The zero-order chi connectivity index (χ0) is 15.1. The van der Waals surface area contributed by atoms with Crippen molar-refractivity contribution in [2.75, 3.05) is 12.0 Å². The van der Waals surface area contributed by atoms with Crippen LogP contribution in [0.15, 0.2) is 53.6 Å². The van der Waals surface area contributed by atoms with Crippen molar-refractivity contribution in [2.24, 2.45) is 5.10 Å². The number of nitrogens with zero attached hydrogens (tertiary/aromatic N) is 1. The average molecular weight is 283 g/mol. The molecule has 108 valence electrons. The Bertz CT molecular complexity index is 619. The summed E-state index contributed by atoms with van der Waals surface area (Å²) in [5, 5.41) is 14.7. The first kappa shape index (κ1) is 14.6. The number of carboxylic acids is 1. The minimum atomic E-state index is -1.19. The second-order valence-electron chi connectivity index (χ2n) is 4.24. The number of rotatable bonds is 6. The summed E-state index contributed by atoms with van der Waals surface area (Å²) < 4.78 is 5.35. The topological polar surface area (TPSA) is 73.8 Å². The molecule has 2 rings (SSSR count). The lowest BCUT2D eigenvalue weighted by Crippen LogP contribution is -2.21. The van der Waals surface area contributed by atoms with E-state index in [1.165, 1.54) is 12.1 Å². The van der Waals surface area contributed by atoms with Crippen molar-refractivity contribution in [1.29, 1.82) is 0 Å². The van der Waals surface area contributed by atoms with Crippen LogP contribution < -0.4 is 15.3 Å². The van der Waals surface area contributed by atoms with E-state index in [0.717, 1.165) is 11.3 Å². The van der Waals surface area contributed by atoms with E-state index < -0.39 is 5.97 Å². The largest absolute Gasteiger partial charge is 0.545 e. The summed E-state index contributed by atoms with van der Waals surface area (Å²) in [6.45, 7) is 2.57. The number of benzene rings is 2. The summed E-state index contributed by atoms with van der Waals surface area (Å²) in [6, 6.07) is 13.7. The number of anilines is 1. The maximum atomic E-state index is 10.6. The molecule has 1 N–H and O–H groups in total. The van der Waals surface area contributed by atoms with Crippen LogP contribution in [0.1, 0.15) is 22.8 Å². The van der Waals surface area contributed by atoms with Gasteiger partial charge in [0.05, 0.1) is 24.5 Å². The molecule has 2 aromatic rings. The molecule has 5 heteroatoms. The van der Waals surface area contributed by atoms with E-state index in [2.05, 4.69) is 10.5 Å². The first-order valence-electron chi connectivity index (χ1n) is 6.52. The average Bonchev–Trinajstić information content (AvgIpc) is 2.50. The number of carboxylic acid groups (broad SMARTS) is 1. The van der Waals surface area contributed by atoms with Gasteiger partial charge < -0.3 is 14.6 Å². The highest BCUT2D eigenvalue weighted by molar-refractivity contribution is 5.86. The number of hydrazone groups is 1. The van der Waals surface area contributed by atoms with Crippen molar-refractivity contribution in [3.63, 3.8) is 0 Å². The van der Waals surface area contributed by atoms with Gasteiger partial charge in [-0.25, -0.2) is 0 Å². The molecule has 0 aromatic heterocycles. The van der Waals surface area contributed by atoms with Crippen LogP contribution in [-0.4, -0.2) is 18.8 Å². The molecule has 0 aliphatic carbocycles. The van der Waals surface area contributed by atoms with E-state index in [4.69, 9.17) is 4.74 Å². The van der Waals surface area contributed by atoms with Crippen LogP contribution >= 0.6 is 0 Å². The second kappa shape index (κ2) is 7.09. The van der Waals surface area contributed by atoms with Gasteiger partial charge in [-0.05, 0) is 54.4 Å². The Balaban J connectivity index is 1.93. The SMILES string of the molecule is CCOc1ccc(/C=N\Nc2ccc(C(=O)[O-])cc2)cc1. The van der Waals surface area contributed by atoms with Crippen LogP contribution in [-0.2, 0) is 0 Å². The van der Waals surface area contributed by atoms with Crippen LogP contribution in [0.3, 0.4) is 0 Å². The molecule has 0 amide bonds. The van der Waals surface area contributed by atoms with Crippen LogP contribution in [0, 0.1) is 0 Å². The number of ether oxygens (including phenoxy) is 1. The van der Waals surface area contributed by atoms with Gasteiger partial charge in [0.15, 0.2) is 0 Å². The van der Waals surface area contributed by atoms with Gasteiger partial charge in [0.2, 0.25) is 0 Å². The molecular weight excluding hydrogens is 268 g/mol. The number of carbonyl (C=O) groups excluding carboxylic acids is 1. The first-order chi connectivity index (χ1) is 10.2. The molecule has 0 saturated heterocycles. The summed E-state index contributed by atoms with van der Waals surface area (Å²) in [4.78, 5) is 10.6. The zero-order valence-electron chi connectivity index (χ0n) is 11.6. The Labute approximate surface area is 122 Å². The van der Waals surface area contributed by atoms with Crippen molar-refractivity contribution >= 4 is 17.9 Å². The molecule has 5 nitrogen and oxygen atoms in total. The highest BCUT2D eigenvalue weighted by Gasteiger charge is 1.94. The van der Waals surface area contributed by atoms with Crippen molar-refractivity contribution in [3.05, 3.63) is 59.7 Å². The van der Waals surface area contributed by atoms with Crippen molar-refractivity contribution < 1.29 is 14.6 Å². The monoisotopic (exact) mass is 283 g/mol. The minimum absolute atomic E-state index is 0.135. The standard InChI is InChI=1S/C16H16N2O3/c1-2-21-15-9-3-12(4-10-15)11-17-18-14-7-5-13(6-8-14)16(19)20/h3-11,18H,2H2,1H3,(H,19,20)/p-1/b17-11-. The molecule has 21 heavy (non-hydrogen) atoms. The zero-order valence-corrected chi connectivity index (χ0v) is 11.6. The molecule has 0 unspecified atom stereocenters. The van der Waals surface area contributed by atoms with E-state index in [1.54, 1.807) is 18.3 Å². The summed E-state index contributed by atoms with van der Waals surface area (Å²) >= 11 is 0. The number of carbonyl (C=O) groups is 1. The Kier molecular flexibility index (Phi) is 4.93. The molecule has 0 aliphatic rings. The predicted octanol–water partition coefficient (Wildman–Crippen LogP) is 1.89. The number of hydrogen-bond acceptors (Lipinski definition) is 5. The molecule has 0 radical (unpaired) electrons. The van der Waals surface area contributed by atoms with E-state index in [0.29, 0.717) is 12.3 Å². The smallest absolute Gasteiger partial charge is 0.119 e. The first-order valence-corrected chi connectivity index (χ1v) is 6.52. The third-order valence-electron chi connectivity index (χ3n) is 2.72. The molecule has 0 spiro atoms. The van der Waals surface area contributed by atoms with Crippen LogP contribution in [0.4, 0.5) is 5.69 Å². The summed E-state index contributed by atoms with van der Waals surface area (Å²) in [7, 11) is 0. The summed E-state index contributed by atoms with van der Waals surface area (Å²) in [6.07, 6.45) is 1.67. The highest BCUT2D eigenvalue weighted by Crippen LogP contribution is 2.11. The second-order valence-corrected chi connectivity index (χ2v) is 4.24. The van der Waals surface area contributed by atoms with E-state index >= 15 is 0 Å². The van der Waals surface area contributed by atoms with Gasteiger partial charge in [0, 0.05) is 0 Å². The normalized spacial score (nSPS) is 10.5. The van der Waals surface area contributed by atoms with Gasteiger partial charge in [0.1, 0.15) is 5.75 Å². The molecule has 0 heterocycles. The van der Waals surface area contributed by atoms with Crippen LogP contribution in [0.2, 0.25) is 0 Å². The lowest BCUT2D eigenvalue weighted by molar-refractivity contribution is -0.255. The quantitative estimate of drug-likeness (QED) is 0.649. The number of nitrogens with one attached hydrogen (secondary N) is 1. The minimum Gasteiger partial charge on any atom is -0.545 e. The van der Waals surface area contributed by atoms with Crippen LogP contribution in [0.25, 0.3) is 0 Å². The molecule has 0 fully saturated rings. The van der Waals surface area contributed by atoms with Gasteiger partial charge >= 0.3 is 0 Å².